The highest BCUT2D eigenvalue weighted by atomic mass is 35.5. The summed E-state index contributed by atoms with van der Waals surface area (Å²) in [4.78, 5) is 28.9. The van der Waals surface area contributed by atoms with Crippen LogP contribution in [0, 0.1) is 0 Å². The molecule has 31 heavy (non-hydrogen) atoms. The van der Waals surface area contributed by atoms with Gasteiger partial charge in [0.2, 0.25) is 5.91 Å². The van der Waals surface area contributed by atoms with Crippen LogP contribution in [0.15, 0.2) is 48.5 Å². The number of benzene rings is 2. The van der Waals surface area contributed by atoms with Crippen molar-refractivity contribution in [3.05, 3.63) is 59.1 Å². The van der Waals surface area contributed by atoms with Crippen LogP contribution in [-0.2, 0) is 16.0 Å². The molecule has 2 amide bonds. The van der Waals surface area contributed by atoms with Crippen molar-refractivity contribution in [3.63, 3.8) is 0 Å². The lowest BCUT2D eigenvalue weighted by Gasteiger charge is -2.33. The number of anilines is 1. The van der Waals surface area contributed by atoms with E-state index in [4.69, 9.17) is 16.3 Å². The van der Waals surface area contributed by atoms with E-state index < -0.39 is 0 Å². The summed E-state index contributed by atoms with van der Waals surface area (Å²) in [5.41, 5.74) is 1.79. The van der Waals surface area contributed by atoms with E-state index in [1.807, 2.05) is 53.4 Å². The lowest BCUT2D eigenvalue weighted by atomic mass is 10.0. The molecule has 0 saturated carbocycles. The van der Waals surface area contributed by atoms with E-state index in [1.54, 1.807) is 0 Å². The van der Waals surface area contributed by atoms with Gasteiger partial charge in [-0.3, -0.25) is 9.59 Å². The number of rotatable bonds is 7. The summed E-state index contributed by atoms with van der Waals surface area (Å²) in [5.74, 6) is 0.835. The van der Waals surface area contributed by atoms with Crippen LogP contribution < -0.4 is 15.0 Å². The molecule has 2 aliphatic rings. The zero-order valence-corrected chi connectivity index (χ0v) is 18.3. The number of nitrogens with one attached hydrogen (secondary N) is 1. The molecule has 2 aromatic rings. The van der Waals surface area contributed by atoms with E-state index in [9.17, 15) is 9.59 Å². The molecule has 2 heterocycles. The van der Waals surface area contributed by atoms with Gasteiger partial charge < -0.3 is 19.9 Å². The molecule has 0 bridgehead atoms. The number of amides is 2. The summed E-state index contributed by atoms with van der Waals surface area (Å²) in [6.07, 6.45) is 3.16. The second kappa shape index (κ2) is 10.2. The van der Waals surface area contributed by atoms with Crippen LogP contribution >= 0.6 is 11.6 Å². The van der Waals surface area contributed by atoms with Crippen LogP contribution in [0.4, 0.5) is 5.69 Å². The molecule has 0 aliphatic carbocycles. The quantitative estimate of drug-likeness (QED) is 0.716. The maximum Gasteiger partial charge on any atom is 0.265 e. The predicted molar refractivity (Wildman–Crippen MR) is 122 cm³/mol. The van der Waals surface area contributed by atoms with Crippen LogP contribution in [0.1, 0.15) is 24.8 Å². The number of fused-ring (bicyclic) bond motifs is 1. The maximum absolute atomic E-state index is 12.3. The van der Waals surface area contributed by atoms with Gasteiger partial charge in [0.15, 0.2) is 6.61 Å². The van der Waals surface area contributed by atoms with Crippen molar-refractivity contribution in [1.29, 1.82) is 0 Å². The van der Waals surface area contributed by atoms with Gasteiger partial charge in [-0.15, -0.1) is 0 Å². The zero-order chi connectivity index (χ0) is 21.6. The Kier molecular flexibility index (Phi) is 7.10. The Balaban J connectivity index is 1.18. The lowest BCUT2D eigenvalue weighted by molar-refractivity contribution is -0.122. The van der Waals surface area contributed by atoms with E-state index >= 15 is 0 Å². The molecular weight excluding hydrogens is 414 g/mol. The molecule has 7 heteroatoms. The molecular formula is C24H28ClN3O3. The summed E-state index contributed by atoms with van der Waals surface area (Å²) in [5, 5.41) is 3.81. The van der Waals surface area contributed by atoms with Gasteiger partial charge in [0.05, 0.1) is 12.1 Å². The summed E-state index contributed by atoms with van der Waals surface area (Å²) >= 11 is 6.00. The molecule has 164 valence electrons. The van der Waals surface area contributed by atoms with Crippen molar-refractivity contribution in [2.24, 2.45) is 0 Å². The van der Waals surface area contributed by atoms with Crippen LogP contribution in [0.25, 0.3) is 0 Å². The molecule has 2 aromatic carbocycles. The number of halogens is 1. The van der Waals surface area contributed by atoms with Gasteiger partial charge in [-0.1, -0.05) is 35.9 Å². The third-order valence-electron chi connectivity index (χ3n) is 5.87. The number of likely N-dealkylation sites (tertiary alicyclic amines) is 1. The molecule has 0 unspecified atom stereocenters. The van der Waals surface area contributed by atoms with Crippen molar-refractivity contribution in [3.8, 4) is 5.75 Å². The highest BCUT2D eigenvalue weighted by Crippen LogP contribution is 2.31. The SMILES string of the molecule is O=C(Cc1cccc(Cl)c1)NC1CCN(CCCN2C(=O)COc3ccccc32)CC1. The van der Waals surface area contributed by atoms with Gasteiger partial charge in [0, 0.05) is 30.7 Å². The Morgan fingerprint density at radius 2 is 1.90 bits per heavy atom. The van der Waals surface area contributed by atoms with Crippen molar-refractivity contribution < 1.29 is 14.3 Å². The fourth-order valence-electron chi connectivity index (χ4n) is 4.26. The largest absolute Gasteiger partial charge is 0.482 e. The molecule has 1 saturated heterocycles. The number of carbonyl (C=O) groups is 2. The summed E-state index contributed by atoms with van der Waals surface area (Å²) in [6, 6.07) is 15.3. The number of ether oxygens (including phenoxy) is 1. The van der Waals surface area contributed by atoms with Crippen LogP contribution in [0.3, 0.4) is 0 Å². The fourth-order valence-corrected chi connectivity index (χ4v) is 4.48. The molecule has 2 aliphatic heterocycles. The van der Waals surface area contributed by atoms with E-state index in [0.717, 1.165) is 55.9 Å². The normalized spacial score (nSPS) is 17.2. The highest BCUT2D eigenvalue weighted by molar-refractivity contribution is 6.30. The smallest absolute Gasteiger partial charge is 0.265 e. The second-order valence-electron chi connectivity index (χ2n) is 8.15. The first-order valence-corrected chi connectivity index (χ1v) is 11.2. The number of piperidine rings is 1. The van der Waals surface area contributed by atoms with Gasteiger partial charge in [-0.05, 0) is 55.6 Å². The highest BCUT2D eigenvalue weighted by Gasteiger charge is 2.25. The van der Waals surface area contributed by atoms with Crippen molar-refractivity contribution in [2.75, 3.05) is 37.7 Å². The van der Waals surface area contributed by atoms with Crippen molar-refractivity contribution in [2.45, 2.75) is 31.7 Å². The average molecular weight is 442 g/mol. The topological polar surface area (TPSA) is 61.9 Å². The molecule has 0 aromatic heterocycles. The predicted octanol–water partition coefficient (Wildman–Crippen LogP) is 3.28. The molecule has 1 fully saturated rings. The summed E-state index contributed by atoms with van der Waals surface area (Å²) in [6.45, 7) is 3.65. The molecule has 4 rings (SSSR count). The minimum Gasteiger partial charge on any atom is -0.482 e. The fraction of sp³-hybridized carbons (Fsp3) is 0.417. The minimum absolute atomic E-state index is 0.0137. The standard InChI is InChI=1S/C24H28ClN3O3/c25-19-6-3-5-18(15-19)16-23(29)26-20-9-13-27(14-10-20)11-4-12-28-21-7-1-2-8-22(21)31-17-24(28)30/h1-3,5-8,15,20H,4,9-14,16-17H2,(H,26,29). The first kappa shape index (κ1) is 21.7. The van der Waals surface area contributed by atoms with Crippen LogP contribution in [0.2, 0.25) is 5.02 Å². The third-order valence-corrected chi connectivity index (χ3v) is 6.11. The number of hydrogen-bond donors (Lipinski definition) is 1. The van der Waals surface area contributed by atoms with Gasteiger partial charge in [-0.2, -0.15) is 0 Å². The Labute approximate surface area is 188 Å². The Morgan fingerprint density at radius 3 is 2.71 bits per heavy atom. The van der Waals surface area contributed by atoms with Crippen LogP contribution in [0.5, 0.6) is 5.75 Å². The zero-order valence-electron chi connectivity index (χ0n) is 17.6. The van der Waals surface area contributed by atoms with E-state index in [1.165, 1.54) is 0 Å². The van der Waals surface area contributed by atoms with Gasteiger partial charge >= 0.3 is 0 Å². The summed E-state index contributed by atoms with van der Waals surface area (Å²) in [7, 11) is 0. The average Bonchev–Trinajstić information content (AvgIpc) is 2.76. The molecule has 0 atom stereocenters. The van der Waals surface area contributed by atoms with Crippen LogP contribution in [-0.4, -0.2) is 55.5 Å². The Hall–Kier alpha value is -2.57. The molecule has 0 radical (unpaired) electrons. The van der Waals surface area contributed by atoms with Gasteiger partial charge in [0.1, 0.15) is 5.75 Å². The Morgan fingerprint density at radius 1 is 1.10 bits per heavy atom. The molecule has 0 spiro atoms. The van der Waals surface area contributed by atoms with Gasteiger partial charge in [-0.25, -0.2) is 0 Å². The number of carbonyl (C=O) groups excluding carboxylic acids is 2. The number of hydrogen-bond acceptors (Lipinski definition) is 4. The van der Waals surface area contributed by atoms with Crippen molar-refractivity contribution >= 4 is 29.1 Å². The number of para-hydroxylation sites is 2. The molecule has 6 nitrogen and oxygen atoms in total. The monoisotopic (exact) mass is 441 g/mol. The summed E-state index contributed by atoms with van der Waals surface area (Å²) < 4.78 is 5.51. The third kappa shape index (κ3) is 5.77. The van der Waals surface area contributed by atoms with E-state index in [0.29, 0.717) is 18.0 Å². The van der Waals surface area contributed by atoms with Crippen molar-refractivity contribution in [1.82, 2.24) is 10.2 Å². The number of nitrogens with zero attached hydrogens (tertiary/aromatic N) is 2. The first-order valence-electron chi connectivity index (χ1n) is 10.9. The van der Waals surface area contributed by atoms with E-state index in [2.05, 4.69) is 10.2 Å². The maximum atomic E-state index is 12.3. The lowest BCUT2D eigenvalue weighted by Crippen LogP contribution is -2.46. The minimum atomic E-state index is 0.0137. The van der Waals surface area contributed by atoms with Gasteiger partial charge in [0.25, 0.3) is 5.91 Å². The molecule has 1 N–H and O–H groups in total. The first-order chi connectivity index (χ1) is 15.1. The second-order valence-corrected chi connectivity index (χ2v) is 8.58. The van der Waals surface area contributed by atoms with E-state index in [-0.39, 0.29) is 24.5 Å². The Bertz CT molecular complexity index is 928.